The summed E-state index contributed by atoms with van der Waals surface area (Å²) in [6.07, 6.45) is 2.23. The molecule has 0 bridgehead atoms. The van der Waals surface area contributed by atoms with Gasteiger partial charge in [-0.15, -0.1) is 0 Å². The van der Waals surface area contributed by atoms with Crippen molar-refractivity contribution in [2.45, 2.75) is 39.7 Å². The second-order valence-corrected chi connectivity index (χ2v) is 5.22. The van der Waals surface area contributed by atoms with Crippen LogP contribution >= 0.6 is 0 Å². The molecule has 0 radical (unpaired) electrons. The average molecular weight is 263 g/mol. The molecule has 1 unspecified atom stereocenters. The molecule has 1 aromatic carbocycles. The van der Waals surface area contributed by atoms with E-state index in [2.05, 4.69) is 25.7 Å². The van der Waals surface area contributed by atoms with Crippen molar-refractivity contribution in [2.24, 2.45) is 0 Å². The Morgan fingerprint density at radius 3 is 2.74 bits per heavy atom. The van der Waals surface area contributed by atoms with Gasteiger partial charge < -0.3 is 21.1 Å². The van der Waals surface area contributed by atoms with Crippen LogP contribution in [0.1, 0.15) is 31.4 Å². The molecule has 1 atom stereocenters. The first-order valence-corrected chi connectivity index (χ1v) is 7.12. The lowest BCUT2D eigenvalue weighted by molar-refractivity contribution is 0.0385. The number of anilines is 3. The van der Waals surface area contributed by atoms with Crippen molar-refractivity contribution in [3.63, 3.8) is 0 Å². The second kappa shape index (κ2) is 5.70. The van der Waals surface area contributed by atoms with E-state index >= 15 is 0 Å². The van der Waals surface area contributed by atoms with Crippen molar-refractivity contribution in [3.05, 3.63) is 17.2 Å². The van der Waals surface area contributed by atoms with Crippen LogP contribution in [-0.2, 0) is 11.2 Å². The van der Waals surface area contributed by atoms with E-state index in [1.165, 1.54) is 11.1 Å². The molecular formula is C15H25N3O. The van der Waals surface area contributed by atoms with Crippen LogP contribution in [0.5, 0.6) is 0 Å². The van der Waals surface area contributed by atoms with Gasteiger partial charge in [0.2, 0.25) is 0 Å². The normalized spacial score (nSPS) is 19.7. The van der Waals surface area contributed by atoms with Crippen molar-refractivity contribution < 1.29 is 4.74 Å². The smallest absolute Gasteiger partial charge is 0.0838 e. The minimum Gasteiger partial charge on any atom is -0.397 e. The fourth-order valence-corrected chi connectivity index (χ4v) is 2.89. The minimum absolute atomic E-state index is 0.277. The molecule has 1 aliphatic heterocycles. The number of hydrogen-bond acceptors (Lipinski definition) is 4. The predicted molar refractivity (Wildman–Crippen MR) is 81.6 cm³/mol. The molecule has 0 aromatic heterocycles. The first-order chi connectivity index (χ1) is 9.08. The molecular weight excluding hydrogens is 238 g/mol. The number of nitrogens with zero attached hydrogens (tertiary/aromatic N) is 1. The van der Waals surface area contributed by atoms with Crippen LogP contribution < -0.4 is 16.4 Å². The second-order valence-electron chi connectivity index (χ2n) is 5.22. The topological polar surface area (TPSA) is 64.5 Å². The third-order valence-electron chi connectivity index (χ3n) is 3.97. The molecule has 4 N–H and O–H groups in total. The van der Waals surface area contributed by atoms with E-state index in [0.717, 1.165) is 49.6 Å². The van der Waals surface area contributed by atoms with Crippen molar-refractivity contribution in [1.82, 2.24) is 0 Å². The molecule has 0 amide bonds. The van der Waals surface area contributed by atoms with Gasteiger partial charge in [0.05, 0.1) is 29.8 Å². The standard InChI is InChI=1S/C15H25N3O/c1-4-11-9-18(6-7-19-11)15-13(16)8-10(3)12(5-2)14(15)17/h8,11H,4-7,9,16-17H2,1-3H3. The highest BCUT2D eigenvalue weighted by molar-refractivity contribution is 5.84. The number of nitrogen functional groups attached to an aromatic ring is 2. The Kier molecular flexibility index (Phi) is 4.20. The predicted octanol–water partition coefficient (Wildman–Crippen LogP) is 2.34. The number of hydrogen-bond donors (Lipinski definition) is 2. The summed E-state index contributed by atoms with van der Waals surface area (Å²) < 4.78 is 5.72. The van der Waals surface area contributed by atoms with E-state index in [-0.39, 0.29) is 6.10 Å². The van der Waals surface area contributed by atoms with Gasteiger partial charge >= 0.3 is 0 Å². The summed E-state index contributed by atoms with van der Waals surface area (Å²) in [6.45, 7) is 8.82. The highest BCUT2D eigenvalue weighted by Gasteiger charge is 2.23. The fraction of sp³-hybridized carbons (Fsp3) is 0.600. The molecule has 1 heterocycles. The molecule has 106 valence electrons. The Morgan fingerprint density at radius 1 is 1.37 bits per heavy atom. The third kappa shape index (κ3) is 2.63. The van der Waals surface area contributed by atoms with Gasteiger partial charge in [-0.2, -0.15) is 0 Å². The van der Waals surface area contributed by atoms with Crippen LogP contribution in [0.2, 0.25) is 0 Å². The number of ether oxygens (including phenoxy) is 1. The molecule has 1 saturated heterocycles. The fourth-order valence-electron chi connectivity index (χ4n) is 2.89. The Morgan fingerprint density at radius 2 is 2.11 bits per heavy atom. The maximum absolute atomic E-state index is 6.35. The lowest BCUT2D eigenvalue weighted by Gasteiger charge is -2.36. The molecule has 0 saturated carbocycles. The van der Waals surface area contributed by atoms with Crippen LogP contribution in [0.15, 0.2) is 6.07 Å². The van der Waals surface area contributed by atoms with Crippen molar-refractivity contribution in [3.8, 4) is 0 Å². The number of morpholine rings is 1. The molecule has 4 heteroatoms. The molecule has 1 fully saturated rings. The number of aryl methyl sites for hydroxylation is 1. The summed E-state index contributed by atoms with van der Waals surface area (Å²) in [5.41, 5.74) is 17.6. The molecule has 1 aliphatic rings. The third-order valence-corrected chi connectivity index (χ3v) is 3.97. The van der Waals surface area contributed by atoms with E-state index < -0.39 is 0 Å². The SMILES string of the molecule is CCc1c(C)cc(N)c(N2CCOC(CC)C2)c1N. The zero-order valence-corrected chi connectivity index (χ0v) is 12.2. The number of nitrogens with two attached hydrogens (primary N) is 2. The zero-order valence-electron chi connectivity index (χ0n) is 12.2. The van der Waals surface area contributed by atoms with Gasteiger partial charge in [-0.3, -0.25) is 0 Å². The summed E-state index contributed by atoms with van der Waals surface area (Å²) in [5.74, 6) is 0. The maximum atomic E-state index is 6.35. The number of rotatable bonds is 3. The van der Waals surface area contributed by atoms with Crippen molar-refractivity contribution >= 4 is 17.1 Å². The first kappa shape index (κ1) is 14.0. The maximum Gasteiger partial charge on any atom is 0.0838 e. The summed E-state index contributed by atoms with van der Waals surface area (Å²) >= 11 is 0. The van der Waals surface area contributed by atoms with E-state index in [0.29, 0.717) is 0 Å². The van der Waals surface area contributed by atoms with Gasteiger partial charge in [0.1, 0.15) is 0 Å². The number of benzene rings is 1. The van der Waals surface area contributed by atoms with Gasteiger partial charge in [-0.1, -0.05) is 13.8 Å². The molecule has 19 heavy (non-hydrogen) atoms. The van der Waals surface area contributed by atoms with Gasteiger partial charge in [0.25, 0.3) is 0 Å². The molecule has 2 rings (SSSR count). The minimum atomic E-state index is 0.277. The first-order valence-electron chi connectivity index (χ1n) is 7.12. The van der Waals surface area contributed by atoms with E-state index in [1.54, 1.807) is 0 Å². The van der Waals surface area contributed by atoms with Crippen LogP contribution in [0.3, 0.4) is 0 Å². The van der Waals surface area contributed by atoms with Crippen molar-refractivity contribution in [2.75, 3.05) is 36.1 Å². The van der Waals surface area contributed by atoms with Crippen LogP contribution in [-0.4, -0.2) is 25.8 Å². The summed E-state index contributed by atoms with van der Waals surface area (Å²) in [5, 5.41) is 0. The lowest BCUT2D eigenvalue weighted by atomic mass is 10.00. The Hall–Kier alpha value is -1.42. The Bertz CT molecular complexity index is 459. The van der Waals surface area contributed by atoms with Crippen LogP contribution in [0.25, 0.3) is 0 Å². The molecule has 1 aromatic rings. The molecule has 0 aliphatic carbocycles. The van der Waals surface area contributed by atoms with Crippen LogP contribution in [0, 0.1) is 6.92 Å². The Labute approximate surface area is 115 Å². The largest absolute Gasteiger partial charge is 0.397 e. The Balaban J connectivity index is 2.38. The molecule has 4 nitrogen and oxygen atoms in total. The summed E-state index contributed by atoms with van der Waals surface area (Å²) in [7, 11) is 0. The summed E-state index contributed by atoms with van der Waals surface area (Å²) in [4.78, 5) is 2.28. The zero-order chi connectivity index (χ0) is 14.0. The van der Waals surface area contributed by atoms with Gasteiger partial charge in [-0.05, 0) is 37.0 Å². The highest BCUT2D eigenvalue weighted by atomic mass is 16.5. The average Bonchev–Trinajstić information content (AvgIpc) is 2.39. The van der Waals surface area contributed by atoms with Gasteiger partial charge in [0, 0.05) is 13.1 Å². The molecule has 0 spiro atoms. The van der Waals surface area contributed by atoms with E-state index in [9.17, 15) is 0 Å². The highest BCUT2D eigenvalue weighted by Crippen LogP contribution is 2.36. The monoisotopic (exact) mass is 263 g/mol. The van der Waals surface area contributed by atoms with Crippen molar-refractivity contribution in [1.29, 1.82) is 0 Å². The summed E-state index contributed by atoms with van der Waals surface area (Å²) in [6, 6.07) is 2.04. The van der Waals surface area contributed by atoms with Gasteiger partial charge in [-0.25, -0.2) is 0 Å². The van der Waals surface area contributed by atoms with E-state index in [4.69, 9.17) is 16.2 Å². The van der Waals surface area contributed by atoms with Gasteiger partial charge in [0.15, 0.2) is 0 Å². The quantitative estimate of drug-likeness (QED) is 0.822. The lowest BCUT2D eigenvalue weighted by Crippen LogP contribution is -2.43. The van der Waals surface area contributed by atoms with Crippen LogP contribution in [0.4, 0.5) is 17.1 Å². The van der Waals surface area contributed by atoms with E-state index in [1.807, 2.05) is 6.07 Å².